The first-order chi connectivity index (χ1) is 7.95. The Bertz CT molecular complexity index is 442. The zero-order valence-corrected chi connectivity index (χ0v) is 10.9. The number of hydrogen-bond acceptors (Lipinski definition) is 3. The molecule has 0 saturated heterocycles. The van der Waals surface area contributed by atoms with Crippen LogP contribution < -0.4 is 0 Å². The molecular formula is C12H13BrO4. The van der Waals surface area contributed by atoms with Gasteiger partial charge in [0.1, 0.15) is 5.78 Å². The van der Waals surface area contributed by atoms with E-state index in [2.05, 4.69) is 15.9 Å². The molecule has 4 nitrogen and oxygen atoms in total. The van der Waals surface area contributed by atoms with Crippen molar-refractivity contribution in [3.05, 3.63) is 34.9 Å². The van der Waals surface area contributed by atoms with Crippen LogP contribution >= 0.6 is 15.9 Å². The molecule has 2 N–H and O–H groups in total. The summed E-state index contributed by atoms with van der Waals surface area (Å²) in [6.07, 6.45) is -1.47. The van der Waals surface area contributed by atoms with Gasteiger partial charge in [0, 0.05) is 6.42 Å². The van der Waals surface area contributed by atoms with Crippen molar-refractivity contribution in [2.24, 2.45) is 0 Å². The Morgan fingerprint density at radius 3 is 2.59 bits per heavy atom. The van der Waals surface area contributed by atoms with Crippen molar-refractivity contribution < 1.29 is 19.8 Å². The van der Waals surface area contributed by atoms with Gasteiger partial charge in [-0.3, -0.25) is 4.79 Å². The molecule has 0 amide bonds. The van der Waals surface area contributed by atoms with Crippen LogP contribution in [0, 0.1) is 6.92 Å². The summed E-state index contributed by atoms with van der Waals surface area (Å²) in [4.78, 5) is 22.1. The third-order valence-corrected chi connectivity index (χ3v) is 2.99. The van der Waals surface area contributed by atoms with Crippen LogP contribution in [0.4, 0.5) is 0 Å². The first-order valence-electron chi connectivity index (χ1n) is 5.03. The van der Waals surface area contributed by atoms with Crippen molar-refractivity contribution in [3.63, 3.8) is 0 Å². The van der Waals surface area contributed by atoms with Crippen LogP contribution in [0.5, 0.6) is 0 Å². The third-order valence-electron chi connectivity index (χ3n) is 2.37. The van der Waals surface area contributed by atoms with E-state index in [0.29, 0.717) is 5.56 Å². The lowest BCUT2D eigenvalue weighted by Crippen LogP contribution is -2.15. The Morgan fingerprint density at radius 2 is 2.06 bits per heavy atom. The molecule has 5 heteroatoms. The number of alkyl halides is 1. The third kappa shape index (κ3) is 3.64. The molecule has 0 radical (unpaired) electrons. The van der Waals surface area contributed by atoms with E-state index in [1.807, 2.05) is 0 Å². The smallest absolute Gasteiger partial charge is 0.337 e. The fraction of sp³-hybridized carbons (Fsp3) is 0.333. The second-order valence-electron chi connectivity index (χ2n) is 3.79. The van der Waals surface area contributed by atoms with E-state index in [0.717, 1.165) is 5.56 Å². The predicted molar refractivity (Wildman–Crippen MR) is 66.3 cm³/mol. The highest BCUT2D eigenvalue weighted by Gasteiger charge is 2.20. The standard InChI is InChI=1S/C12H13BrO4/c1-7-2-3-8(5-9(14)6-13)10(4-7)11(15)12(16)17/h2-4,11,15H,5-6H2,1H3,(H,16,17). The normalized spacial score (nSPS) is 12.2. The summed E-state index contributed by atoms with van der Waals surface area (Å²) in [6.45, 7) is 1.80. The lowest BCUT2D eigenvalue weighted by molar-refractivity contribution is -0.147. The minimum Gasteiger partial charge on any atom is -0.479 e. The van der Waals surface area contributed by atoms with Gasteiger partial charge in [0.05, 0.1) is 5.33 Å². The summed E-state index contributed by atoms with van der Waals surface area (Å²) in [5.41, 5.74) is 1.68. The van der Waals surface area contributed by atoms with Crippen molar-refractivity contribution in [3.8, 4) is 0 Å². The minimum atomic E-state index is -1.59. The Balaban J connectivity index is 3.12. The van der Waals surface area contributed by atoms with E-state index in [-0.39, 0.29) is 23.1 Å². The number of carbonyl (C=O) groups excluding carboxylic acids is 1. The number of carboxylic acids is 1. The highest BCUT2D eigenvalue weighted by atomic mass is 79.9. The maximum absolute atomic E-state index is 11.3. The molecule has 1 rings (SSSR count). The minimum absolute atomic E-state index is 0.0623. The van der Waals surface area contributed by atoms with Crippen LogP contribution in [-0.2, 0) is 16.0 Å². The van der Waals surface area contributed by atoms with Gasteiger partial charge in [-0.25, -0.2) is 4.79 Å². The molecule has 1 aromatic rings. The maximum Gasteiger partial charge on any atom is 0.337 e. The van der Waals surface area contributed by atoms with E-state index in [1.54, 1.807) is 25.1 Å². The first-order valence-corrected chi connectivity index (χ1v) is 6.15. The number of aliphatic carboxylic acids is 1. The van der Waals surface area contributed by atoms with Gasteiger partial charge in [-0.2, -0.15) is 0 Å². The van der Waals surface area contributed by atoms with E-state index >= 15 is 0 Å². The van der Waals surface area contributed by atoms with Gasteiger partial charge < -0.3 is 10.2 Å². The number of aliphatic hydroxyl groups excluding tert-OH is 1. The average Bonchev–Trinajstić information content (AvgIpc) is 2.30. The zero-order valence-electron chi connectivity index (χ0n) is 9.31. The fourth-order valence-corrected chi connectivity index (χ4v) is 1.72. The van der Waals surface area contributed by atoms with E-state index in [9.17, 15) is 14.7 Å². The van der Waals surface area contributed by atoms with Crippen molar-refractivity contribution in [1.82, 2.24) is 0 Å². The molecule has 0 spiro atoms. The summed E-state index contributed by atoms with van der Waals surface area (Å²) < 4.78 is 0. The Morgan fingerprint density at radius 1 is 1.41 bits per heavy atom. The van der Waals surface area contributed by atoms with Crippen LogP contribution in [0.25, 0.3) is 0 Å². The summed E-state index contributed by atoms with van der Waals surface area (Å²) in [5, 5.41) is 18.6. The molecular weight excluding hydrogens is 288 g/mol. The molecule has 0 bridgehead atoms. The molecule has 0 aliphatic heterocycles. The largest absolute Gasteiger partial charge is 0.479 e. The van der Waals surface area contributed by atoms with Crippen LogP contribution in [-0.4, -0.2) is 27.3 Å². The van der Waals surface area contributed by atoms with Gasteiger partial charge in [-0.1, -0.05) is 39.7 Å². The first kappa shape index (κ1) is 13.9. The van der Waals surface area contributed by atoms with Crippen LogP contribution in [0.2, 0.25) is 0 Å². The number of rotatable bonds is 5. The van der Waals surface area contributed by atoms with Crippen LogP contribution in [0.3, 0.4) is 0 Å². The molecule has 92 valence electrons. The van der Waals surface area contributed by atoms with Gasteiger partial charge in [0.2, 0.25) is 0 Å². The predicted octanol–water partition coefficient (Wildman–Crippen LogP) is 1.62. The number of halogens is 1. The lowest BCUT2D eigenvalue weighted by Gasteiger charge is -2.12. The highest BCUT2D eigenvalue weighted by Crippen LogP contribution is 2.21. The number of aryl methyl sites for hydroxylation is 1. The van der Waals surface area contributed by atoms with Gasteiger partial charge in [0.25, 0.3) is 0 Å². The molecule has 1 unspecified atom stereocenters. The zero-order chi connectivity index (χ0) is 13.0. The van der Waals surface area contributed by atoms with Gasteiger partial charge >= 0.3 is 5.97 Å². The second kappa shape index (κ2) is 5.93. The monoisotopic (exact) mass is 300 g/mol. The number of ketones is 1. The molecule has 17 heavy (non-hydrogen) atoms. The molecule has 0 heterocycles. The van der Waals surface area contributed by atoms with Gasteiger partial charge in [-0.15, -0.1) is 0 Å². The molecule has 1 atom stereocenters. The Hall–Kier alpha value is -1.20. The van der Waals surface area contributed by atoms with Gasteiger partial charge in [-0.05, 0) is 18.1 Å². The van der Waals surface area contributed by atoms with E-state index in [1.165, 1.54) is 0 Å². The van der Waals surface area contributed by atoms with Gasteiger partial charge in [0.15, 0.2) is 6.10 Å². The van der Waals surface area contributed by atoms with Crippen molar-refractivity contribution >= 4 is 27.7 Å². The Kier molecular flexibility index (Phi) is 4.84. The van der Waals surface area contributed by atoms with E-state index in [4.69, 9.17) is 5.11 Å². The number of carboxylic acid groups (broad SMARTS) is 1. The van der Waals surface area contributed by atoms with Crippen LogP contribution in [0.1, 0.15) is 22.8 Å². The lowest BCUT2D eigenvalue weighted by atomic mass is 9.96. The maximum atomic E-state index is 11.3. The van der Waals surface area contributed by atoms with E-state index < -0.39 is 12.1 Å². The molecule has 0 saturated carbocycles. The number of aliphatic hydroxyl groups is 1. The molecule has 1 aromatic carbocycles. The number of benzene rings is 1. The second-order valence-corrected chi connectivity index (χ2v) is 4.35. The quantitative estimate of drug-likeness (QED) is 0.810. The molecule has 0 aliphatic carbocycles. The molecule has 0 aromatic heterocycles. The van der Waals surface area contributed by atoms with Crippen molar-refractivity contribution in [1.29, 1.82) is 0 Å². The fourth-order valence-electron chi connectivity index (χ4n) is 1.52. The summed E-state index contributed by atoms with van der Waals surface area (Å²) >= 11 is 3.05. The summed E-state index contributed by atoms with van der Waals surface area (Å²) in [6, 6.07) is 5.06. The number of carbonyl (C=O) groups is 2. The topological polar surface area (TPSA) is 74.6 Å². The summed E-state index contributed by atoms with van der Waals surface area (Å²) in [5.74, 6) is -1.38. The van der Waals surface area contributed by atoms with Crippen LogP contribution in [0.15, 0.2) is 18.2 Å². The summed E-state index contributed by atoms with van der Waals surface area (Å²) in [7, 11) is 0. The molecule has 0 fully saturated rings. The Labute approximate surface area is 107 Å². The SMILES string of the molecule is Cc1ccc(CC(=O)CBr)c(C(O)C(=O)O)c1. The number of hydrogen-bond donors (Lipinski definition) is 2. The van der Waals surface area contributed by atoms with Crippen molar-refractivity contribution in [2.75, 3.05) is 5.33 Å². The van der Waals surface area contributed by atoms with Crippen molar-refractivity contribution in [2.45, 2.75) is 19.4 Å². The average molecular weight is 301 g/mol. The highest BCUT2D eigenvalue weighted by molar-refractivity contribution is 9.09. The number of Topliss-reactive ketones (excluding diaryl/α,β-unsaturated/α-hetero) is 1. The molecule has 0 aliphatic rings.